The third-order valence-corrected chi connectivity index (χ3v) is 8.57. The van der Waals surface area contributed by atoms with Gasteiger partial charge in [0.15, 0.2) is 5.69 Å². The van der Waals surface area contributed by atoms with Crippen LogP contribution in [0.5, 0.6) is 0 Å². The van der Waals surface area contributed by atoms with Crippen molar-refractivity contribution in [1.82, 2.24) is 15.8 Å². The quantitative estimate of drug-likeness (QED) is 0.351. The molecule has 1 saturated carbocycles. The van der Waals surface area contributed by atoms with Gasteiger partial charge < -0.3 is 10.1 Å². The molecule has 4 N–H and O–H groups in total. The third-order valence-electron chi connectivity index (χ3n) is 8.01. The third kappa shape index (κ3) is 6.08. The number of ether oxygens (including phenoxy) is 1. The van der Waals surface area contributed by atoms with Gasteiger partial charge in [-0.1, -0.05) is 41.8 Å². The molecule has 9 heteroatoms. The number of hydrazine groups is 1. The average Bonchev–Trinajstić information content (AvgIpc) is 3.50. The average molecular weight is 558 g/mol. The van der Waals surface area contributed by atoms with Crippen molar-refractivity contribution in [2.45, 2.75) is 25.7 Å². The Labute approximate surface area is 234 Å². The van der Waals surface area contributed by atoms with E-state index in [4.69, 9.17) is 27.9 Å². The lowest BCUT2D eigenvalue weighted by molar-refractivity contribution is -0.515. The summed E-state index contributed by atoms with van der Waals surface area (Å²) >= 11 is 12.8. The summed E-state index contributed by atoms with van der Waals surface area (Å²) in [6.07, 6.45) is 13.2. The molecule has 3 unspecified atom stereocenters. The fourth-order valence-corrected chi connectivity index (χ4v) is 6.53. The Morgan fingerprint density at radius 2 is 2.03 bits per heavy atom. The van der Waals surface area contributed by atoms with Crippen molar-refractivity contribution < 1.29 is 14.8 Å². The Morgan fingerprint density at radius 3 is 2.68 bits per heavy atom. The van der Waals surface area contributed by atoms with E-state index in [1.54, 1.807) is 20.2 Å². The maximum absolute atomic E-state index is 13.6. The molecular formula is C29H36Cl2N5O2+. The van der Waals surface area contributed by atoms with Crippen LogP contribution in [0.15, 0.2) is 70.1 Å². The summed E-state index contributed by atoms with van der Waals surface area (Å²) < 4.78 is 5.36. The molecule has 38 heavy (non-hydrogen) atoms. The first kappa shape index (κ1) is 27.2. The number of fused-ring (bicyclic) bond motifs is 1. The molecule has 0 radical (unpaired) electrons. The number of carbonyl (C=O) groups is 1. The first-order valence-corrected chi connectivity index (χ1v) is 14.1. The number of benzene rings is 1. The van der Waals surface area contributed by atoms with Crippen LogP contribution in [-0.2, 0) is 9.53 Å². The predicted molar refractivity (Wildman–Crippen MR) is 152 cm³/mol. The van der Waals surface area contributed by atoms with Gasteiger partial charge in [-0.2, -0.15) is 0 Å². The van der Waals surface area contributed by atoms with Gasteiger partial charge in [-0.15, -0.1) is 0 Å². The topological polar surface area (TPSA) is 82.6 Å². The highest BCUT2D eigenvalue weighted by Crippen LogP contribution is 2.37. The van der Waals surface area contributed by atoms with Gasteiger partial charge in [0, 0.05) is 49.9 Å². The Bertz CT molecular complexity index is 1220. The van der Waals surface area contributed by atoms with Crippen LogP contribution in [0.4, 0.5) is 5.69 Å². The molecule has 5 rings (SSSR count). The number of aliphatic imine (C=N–C) groups is 1. The van der Waals surface area contributed by atoms with E-state index in [1.807, 2.05) is 18.2 Å². The molecule has 1 aromatic carbocycles. The van der Waals surface area contributed by atoms with Crippen LogP contribution < -0.4 is 16.1 Å². The number of nitrogens with zero attached hydrogens (tertiary/aromatic N) is 2. The van der Waals surface area contributed by atoms with E-state index in [0.29, 0.717) is 40.7 Å². The zero-order valence-electron chi connectivity index (χ0n) is 22.0. The van der Waals surface area contributed by atoms with E-state index in [9.17, 15) is 4.79 Å². The lowest BCUT2D eigenvalue weighted by atomic mass is 9.92. The first-order chi connectivity index (χ1) is 18.4. The molecular weight excluding hydrogens is 521 g/mol. The van der Waals surface area contributed by atoms with Crippen LogP contribution in [0.3, 0.4) is 0 Å². The van der Waals surface area contributed by atoms with E-state index in [0.717, 1.165) is 47.8 Å². The molecule has 202 valence electrons. The van der Waals surface area contributed by atoms with Crippen LogP contribution in [0, 0.1) is 17.8 Å². The maximum atomic E-state index is 13.6. The second kappa shape index (κ2) is 12.2. The van der Waals surface area contributed by atoms with Crippen molar-refractivity contribution in [2.75, 3.05) is 40.3 Å². The highest BCUT2D eigenvalue weighted by molar-refractivity contribution is 6.45. The minimum atomic E-state index is -0.163. The summed E-state index contributed by atoms with van der Waals surface area (Å²) in [5.74, 6) is 2.31. The van der Waals surface area contributed by atoms with Gasteiger partial charge in [0.1, 0.15) is 22.2 Å². The summed E-state index contributed by atoms with van der Waals surface area (Å²) in [5.41, 5.74) is 7.38. The number of allylic oxidation sites excluding steroid dienone is 4. The summed E-state index contributed by atoms with van der Waals surface area (Å²) in [6, 6.07) is 5.48. The van der Waals surface area contributed by atoms with Crippen LogP contribution in [0.25, 0.3) is 0 Å². The maximum Gasteiger partial charge on any atom is 0.284 e. The molecule has 0 spiro atoms. The second-order valence-corrected chi connectivity index (χ2v) is 11.3. The highest BCUT2D eigenvalue weighted by Gasteiger charge is 2.38. The first-order valence-electron chi connectivity index (χ1n) is 13.3. The molecule has 4 aliphatic rings. The van der Waals surface area contributed by atoms with Crippen molar-refractivity contribution in [2.24, 2.45) is 22.7 Å². The van der Waals surface area contributed by atoms with Crippen LogP contribution >= 0.6 is 23.2 Å². The zero-order chi connectivity index (χ0) is 26.6. The molecule has 1 amide bonds. The second-order valence-electron chi connectivity index (χ2n) is 10.4. The number of carbonyl (C=O) groups excluding carboxylic acids is 1. The molecule has 0 aromatic heterocycles. The number of halogens is 2. The van der Waals surface area contributed by atoms with Crippen LogP contribution in [0.1, 0.15) is 25.7 Å². The molecule has 7 nitrogen and oxygen atoms in total. The summed E-state index contributed by atoms with van der Waals surface area (Å²) in [4.78, 5) is 18.1. The molecule has 2 heterocycles. The minimum absolute atomic E-state index is 0.163. The highest BCUT2D eigenvalue weighted by atomic mass is 35.5. The van der Waals surface area contributed by atoms with Crippen molar-refractivity contribution in [3.05, 3.63) is 75.2 Å². The molecule has 1 aromatic rings. The fourth-order valence-electron chi connectivity index (χ4n) is 6.07. The number of nitrogens with one attached hydrogen (secondary N) is 2. The molecule has 2 fully saturated rings. The number of amides is 1. The Morgan fingerprint density at radius 1 is 1.24 bits per heavy atom. The summed E-state index contributed by atoms with van der Waals surface area (Å²) in [6.45, 7) is 3.05. The van der Waals surface area contributed by atoms with Gasteiger partial charge in [-0.25, -0.2) is 5.01 Å². The molecule has 3 atom stereocenters. The Kier molecular flexibility index (Phi) is 8.71. The number of rotatable bonds is 7. The van der Waals surface area contributed by atoms with Gasteiger partial charge in [-0.05, 0) is 61.3 Å². The largest absolute Gasteiger partial charge is 0.497 e. The van der Waals surface area contributed by atoms with E-state index < -0.39 is 0 Å². The van der Waals surface area contributed by atoms with Gasteiger partial charge >= 0.3 is 0 Å². The fraction of sp³-hybridized carbons (Fsp3) is 0.448. The number of nitrogens with two attached hydrogens (primary N) is 1. The molecule has 1 saturated heterocycles. The van der Waals surface area contributed by atoms with Crippen LogP contribution in [0.2, 0.25) is 10.0 Å². The monoisotopic (exact) mass is 556 g/mol. The van der Waals surface area contributed by atoms with Gasteiger partial charge in [-0.3, -0.25) is 20.5 Å². The van der Waals surface area contributed by atoms with Crippen molar-refractivity contribution in [3.63, 3.8) is 0 Å². The number of hydrogen-bond donors (Lipinski definition) is 3. The Balaban J connectivity index is 1.45. The standard InChI is InChI=1S/C29H35Cl2N5O2/c1-32-28(29(37)35-36-16-19-4-3-5-20(19)17-36)24-15-33-14-21(12-18-6-9-23(38-2)10-7-18)27(24)34-26-11-8-22(30)13-25(26)31/h6,8-13,18-20,33-34H,3-5,7,14-17H2,1-2H3,(H,35,37)/p+1. The van der Waals surface area contributed by atoms with Gasteiger partial charge in [0.25, 0.3) is 5.91 Å². The summed E-state index contributed by atoms with van der Waals surface area (Å²) in [5, 5.41) is 8.78. The lowest BCUT2D eigenvalue weighted by Crippen LogP contribution is -2.78. The van der Waals surface area contributed by atoms with Gasteiger partial charge in [0.2, 0.25) is 0 Å². The predicted octanol–water partition coefficient (Wildman–Crippen LogP) is 3.91. The van der Waals surface area contributed by atoms with E-state index >= 15 is 0 Å². The zero-order valence-corrected chi connectivity index (χ0v) is 23.5. The van der Waals surface area contributed by atoms with Gasteiger partial charge in [0.05, 0.1) is 12.7 Å². The molecule has 0 bridgehead atoms. The van der Waals surface area contributed by atoms with Crippen molar-refractivity contribution in [1.29, 1.82) is 0 Å². The van der Waals surface area contributed by atoms with E-state index in [1.165, 1.54) is 19.3 Å². The number of hydrogen-bond acceptors (Lipinski definition) is 5. The Hall–Kier alpha value is -2.42. The minimum Gasteiger partial charge on any atom is -0.497 e. The smallest absolute Gasteiger partial charge is 0.284 e. The van der Waals surface area contributed by atoms with Crippen molar-refractivity contribution >= 4 is 40.5 Å². The number of quaternary nitrogens is 1. The lowest BCUT2D eigenvalue weighted by Gasteiger charge is -2.25. The molecule has 2 aliphatic carbocycles. The SMILES string of the molecule is CN=C(C(=O)NN1CC2CCCC2C1)C1=C([NH2+]c2ccc(Cl)cc2Cl)C(=CC2C=CC(OC)=CC2)CNC1. The normalized spacial score (nSPS) is 27.1. The van der Waals surface area contributed by atoms with E-state index in [-0.39, 0.29) is 11.8 Å². The summed E-state index contributed by atoms with van der Waals surface area (Å²) in [7, 11) is 3.37. The number of methoxy groups -OCH3 is 1. The van der Waals surface area contributed by atoms with Crippen molar-refractivity contribution in [3.8, 4) is 0 Å². The molecule has 2 aliphatic heterocycles. The van der Waals surface area contributed by atoms with Crippen LogP contribution in [-0.4, -0.2) is 57.0 Å². The van der Waals surface area contributed by atoms with E-state index in [2.05, 4.69) is 44.3 Å².